The van der Waals surface area contributed by atoms with Gasteiger partial charge >= 0.3 is 5.97 Å². The molecular weight excluding hydrogens is 431 g/mol. The van der Waals surface area contributed by atoms with Gasteiger partial charge in [0.25, 0.3) is 5.56 Å². The van der Waals surface area contributed by atoms with E-state index in [1.54, 1.807) is 32.0 Å². The first-order valence-electron chi connectivity index (χ1n) is 9.09. The Morgan fingerprint density at radius 2 is 2.20 bits per heavy atom. The summed E-state index contributed by atoms with van der Waals surface area (Å²) < 4.78 is 26.5. The fraction of sp³-hybridized carbons (Fsp3) is 0.190. The van der Waals surface area contributed by atoms with Gasteiger partial charge in [-0.15, -0.1) is 0 Å². The highest BCUT2D eigenvalue weighted by Gasteiger charge is 2.35. The van der Waals surface area contributed by atoms with Crippen molar-refractivity contribution >= 4 is 35.0 Å². The van der Waals surface area contributed by atoms with Crippen LogP contribution in [-0.4, -0.2) is 17.1 Å². The number of hydrogen-bond donors (Lipinski definition) is 0. The second-order valence-corrected chi connectivity index (χ2v) is 7.87. The number of nitrogens with zero attached hydrogens (tertiary/aromatic N) is 2. The zero-order valence-electron chi connectivity index (χ0n) is 16.0. The molecule has 0 bridgehead atoms. The number of halogens is 2. The number of carbonyl (C=O) groups excluding carboxylic acids is 1. The summed E-state index contributed by atoms with van der Waals surface area (Å²) in [6.45, 7) is 3.55. The van der Waals surface area contributed by atoms with E-state index in [1.165, 1.54) is 29.0 Å². The number of furan rings is 1. The van der Waals surface area contributed by atoms with Gasteiger partial charge in [0.15, 0.2) is 4.80 Å². The van der Waals surface area contributed by atoms with Gasteiger partial charge in [0.1, 0.15) is 17.6 Å². The van der Waals surface area contributed by atoms with E-state index in [2.05, 4.69) is 4.99 Å². The van der Waals surface area contributed by atoms with E-state index in [9.17, 15) is 14.0 Å². The molecule has 9 heteroatoms. The minimum absolute atomic E-state index is 0.111. The molecule has 0 radical (unpaired) electrons. The Morgan fingerprint density at radius 1 is 1.40 bits per heavy atom. The van der Waals surface area contributed by atoms with Crippen LogP contribution in [0.4, 0.5) is 4.39 Å². The number of fused-ring (bicyclic) bond motifs is 1. The summed E-state index contributed by atoms with van der Waals surface area (Å²) in [5, 5.41) is 0.187. The van der Waals surface area contributed by atoms with E-state index in [-0.39, 0.29) is 27.3 Å². The Morgan fingerprint density at radius 3 is 2.87 bits per heavy atom. The smallest absolute Gasteiger partial charge is 0.338 e. The SMILES string of the molecule is CCOC(=O)C1=C(C)N=c2s/c(=C/c3c(F)cccc3Cl)c(=O)n2[C@@H]1c1ccco1. The molecule has 1 aliphatic rings. The van der Waals surface area contributed by atoms with Crippen LogP contribution in [0.1, 0.15) is 31.2 Å². The molecule has 1 atom stereocenters. The van der Waals surface area contributed by atoms with E-state index in [1.807, 2.05) is 0 Å². The van der Waals surface area contributed by atoms with Gasteiger partial charge in [-0.05, 0) is 44.2 Å². The van der Waals surface area contributed by atoms with Crippen LogP contribution in [0.3, 0.4) is 0 Å². The standard InChI is InChI=1S/C21H16ClFN2O4S/c1-3-28-20(27)17-11(2)24-21-25(18(17)15-8-5-9-29-15)19(26)16(30-21)10-12-13(22)6-4-7-14(12)23/h4-10,18H,3H2,1-2H3/b16-10+/t18-/m1/s1. The molecule has 0 fully saturated rings. The van der Waals surface area contributed by atoms with Crippen molar-refractivity contribution in [3.63, 3.8) is 0 Å². The first-order chi connectivity index (χ1) is 14.4. The maximum absolute atomic E-state index is 14.2. The average molecular weight is 447 g/mol. The van der Waals surface area contributed by atoms with Crippen LogP contribution in [0.2, 0.25) is 5.02 Å². The summed E-state index contributed by atoms with van der Waals surface area (Å²) in [7, 11) is 0. The fourth-order valence-electron chi connectivity index (χ4n) is 3.29. The predicted octanol–water partition coefficient (Wildman–Crippen LogP) is 3.18. The zero-order valence-corrected chi connectivity index (χ0v) is 17.6. The van der Waals surface area contributed by atoms with E-state index >= 15 is 0 Å². The van der Waals surface area contributed by atoms with Crippen LogP contribution in [0, 0.1) is 5.82 Å². The van der Waals surface area contributed by atoms with Crippen LogP contribution in [0.15, 0.2) is 62.1 Å². The molecule has 0 saturated heterocycles. The van der Waals surface area contributed by atoms with Gasteiger partial charge in [-0.1, -0.05) is 29.0 Å². The van der Waals surface area contributed by atoms with Gasteiger partial charge in [0.2, 0.25) is 0 Å². The lowest BCUT2D eigenvalue weighted by molar-refractivity contribution is -0.139. The fourth-order valence-corrected chi connectivity index (χ4v) is 4.53. The number of ether oxygens (including phenoxy) is 1. The van der Waals surface area contributed by atoms with Crippen molar-refractivity contribution in [3.8, 4) is 0 Å². The molecular formula is C21H16ClFN2O4S. The van der Waals surface area contributed by atoms with Crippen LogP contribution >= 0.6 is 22.9 Å². The molecule has 0 unspecified atom stereocenters. The number of carbonyl (C=O) groups is 1. The highest BCUT2D eigenvalue weighted by Crippen LogP contribution is 2.30. The molecule has 1 aliphatic heterocycles. The Balaban J connectivity index is 1.98. The van der Waals surface area contributed by atoms with Crippen molar-refractivity contribution in [1.29, 1.82) is 0 Å². The summed E-state index contributed by atoms with van der Waals surface area (Å²) in [5.41, 5.74) is 0.315. The highest BCUT2D eigenvalue weighted by atomic mass is 35.5. The molecule has 0 spiro atoms. The van der Waals surface area contributed by atoms with Gasteiger partial charge < -0.3 is 9.15 Å². The molecule has 0 N–H and O–H groups in total. The van der Waals surface area contributed by atoms with Gasteiger partial charge in [0.05, 0.1) is 33.7 Å². The summed E-state index contributed by atoms with van der Waals surface area (Å²) >= 11 is 7.19. The zero-order chi connectivity index (χ0) is 21.4. The van der Waals surface area contributed by atoms with Crippen LogP contribution in [0.5, 0.6) is 0 Å². The minimum atomic E-state index is -0.839. The first kappa shape index (κ1) is 20.3. The summed E-state index contributed by atoms with van der Waals surface area (Å²) in [6, 6.07) is 6.80. The van der Waals surface area contributed by atoms with Crippen molar-refractivity contribution in [1.82, 2.24) is 4.57 Å². The average Bonchev–Trinajstić information content (AvgIpc) is 3.33. The molecule has 2 aromatic heterocycles. The quantitative estimate of drug-likeness (QED) is 0.577. The molecule has 0 amide bonds. The Bertz CT molecular complexity index is 1320. The van der Waals surface area contributed by atoms with Crippen molar-refractivity contribution in [2.24, 2.45) is 4.99 Å². The number of hydrogen-bond acceptors (Lipinski definition) is 6. The Kier molecular flexibility index (Phi) is 5.44. The van der Waals surface area contributed by atoms with E-state index in [0.717, 1.165) is 11.3 Å². The number of esters is 1. The van der Waals surface area contributed by atoms with Gasteiger partial charge in [-0.25, -0.2) is 14.2 Å². The second kappa shape index (κ2) is 8.04. The van der Waals surface area contributed by atoms with Crippen molar-refractivity contribution < 1.29 is 18.3 Å². The van der Waals surface area contributed by atoms with Crippen LogP contribution in [-0.2, 0) is 9.53 Å². The summed E-state index contributed by atoms with van der Waals surface area (Å²) in [4.78, 5) is 30.7. The third-order valence-electron chi connectivity index (χ3n) is 4.60. The number of allylic oxidation sites excluding steroid dienone is 1. The first-order valence-corrected chi connectivity index (χ1v) is 10.3. The van der Waals surface area contributed by atoms with Crippen LogP contribution in [0.25, 0.3) is 6.08 Å². The van der Waals surface area contributed by atoms with Crippen molar-refractivity contribution in [2.75, 3.05) is 6.61 Å². The second-order valence-electron chi connectivity index (χ2n) is 6.45. The number of benzene rings is 1. The predicted molar refractivity (Wildman–Crippen MR) is 111 cm³/mol. The van der Waals surface area contributed by atoms with Gasteiger partial charge in [-0.3, -0.25) is 9.36 Å². The molecule has 0 aliphatic carbocycles. The highest BCUT2D eigenvalue weighted by molar-refractivity contribution is 7.07. The lowest BCUT2D eigenvalue weighted by Crippen LogP contribution is -2.39. The maximum Gasteiger partial charge on any atom is 0.338 e. The molecule has 1 aromatic carbocycles. The van der Waals surface area contributed by atoms with Crippen molar-refractivity contribution in [2.45, 2.75) is 19.9 Å². The third-order valence-corrected chi connectivity index (χ3v) is 5.92. The van der Waals surface area contributed by atoms with E-state index in [4.69, 9.17) is 20.8 Å². The minimum Gasteiger partial charge on any atom is -0.467 e. The maximum atomic E-state index is 14.2. The molecule has 30 heavy (non-hydrogen) atoms. The van der Waals surface area contributed by atoms with E-state index in [0.29, 0.717) is 16.3 Å². The summed E-state index contributed by atoms with van der Waals surface area (Å²) in [5.74, 6) is -0.727. The number of aromatic nitrogens is 1. The Hall–Kier alpha value is -2.97. The number of rotatable bonds is 4. The van der Waals surface area contributed by atoms with Gasteiger partial charge in [0, 0.05) is 5.56 Å². The largest absolute Gasteiger partial charge is 0.467 e. The monoisotopic (exact) mass is 446 g/mol. The Labute approximate surface area is 179 Å². The molecule has 4 rings (SSSR count). The summed E-state index contributed by atoms with van der Waals surface area (Å²) in [6.07, 6.45) is 2.85. The lowest BCUT2D eigenvalue weighted by Gasteiger charge is -2.22. The van der Waals surface area contributed by atoms with E-state index < -0.39 is 23.4 Å². The van der Waals surface area contributed by atoms with Crippen LogP contribution < -0.4 is 14.9 Å². The molecule has 0 saturated carbocycles. The van der Waals surface area contributed by atoms with Crippen molar-refractivity contribution in [3.05, 3.63) is 89.7 Å². The normalized spacial score (nSPS) is 16.4. The lowest BCUT2D eigenvalue weighted by atomic mass is 10.0. The topological polar surface area (TPSA) is 73.8 Å². The molecule has 3 heterocycles. The third kappa shape index (κ3) is 3.42. The number of thiazole rings is 1. The molecule has 154 valence electrons. The van der Waals surface area contributed by atoms with Gasteiger partial charge in [-0.2, -0.15) is 0 Å². The molecule has 3 aromatic rings. The molecule has 6 nitrogen and oxygen atoms in total.